The highest BCUT2D eigenvalue weighted by Gasteiger charge is 2.25. The normalized spacial score (nSPS) is 11.0. The third-order valence-electron chi connectivity index (χ3n) is 3.08. The Morgan fingerprint density at radius 2 is 1.96 bits per heavy atom. The van der Waals surface area contributed by atoms with E-state index < -0.39 is 11.7 Å². The monoisotopic (exact) mass is 346 g/mol. The van der Waals surface area contributed by atoms with Crippen molar-refractivity contribution in [3.05, 3.63) is 58.7 Å². The molecule has 0 saturated carbocycles. The Kier molecular flexibility index (Phi) is 5.57. The van der Waals surface area contributed by atoms with Gasteiger partial charge < -0.3 is 4.74 Å². The number of benzene rings is 1. The number of nitrogens with zero attached hydrogens (tertiary/aromatic N) is 2. The Hall–Kier alpha value is -2.40. The number of carbonyl (C=O) groups is 2. The molecule has 0 aliphatic carbocycles. The summed E-state index contributed by atoms with van der Waals surface area (Å²) in [5.74, 6) is 0.384. The molecular weight excluding hydrogens is 328 g/mol. The van der Waals surface area contributed by atoms with Gasteiger partial charge in [-0.1, -0.05) is 29.8 Å². The molecule has 0 fully saturated rings. The molecule has 126 valence electrons. The molecule has 24 heavy (non-hydrogen) atoms. The van der Waals surface area contributed by atoms with Crippen molar-refractivity contribution in [1.82, 2.24) is 4.98 Å². The summed E-state index contributed by atoms with van der Waals surface area (Å²) in [7, 11) is 0. The number of ether oxygens (including phenoxy) is 1. The molecule has 0 radical (unpaired) electrons. The van der Waals surface area contributed by atoms with E-state index in [1.54, 1.807) is 39.0 Å². The van der Waals surface area contributed by atoms with Gasteiger partial charge in [0.05, 0.1) is 6.54 Å². The van der Waals surface area contributed by atoms with E-state index in [9.17, 15) is 9.59 Å². The molecule has 0 atom stereocenters. The standard InChI is InChI=1S/C18H19ClN2O3/c1-18(2,3)24-17(23)21(11-14-6-4-5-7-15(14)19)16-9-8-13(12-22)10-20-16/h4-10,12H,11H2,1-3H3. The average Bonchev–Trinajstić information content (AvgIpc) is 2.52. The number of hydrogen-bond donors (Lipinski definition) is 0. The smallest absolute Gasteiger partial charge is 0.416 e. The summed E-state index contributed by atoms with van der Waals surface area (Å²) in [6, 6.07) is 10.5. The summed E-state index contributed by atoms with van der Waals surface area (Å²) in [6.45, 7) is 5.59. The van der Waals surface area contributed by atoms with Gasteiger partial charge in [0.25, 0.3) is 0 Å². The number of hydrogen-bond acceptors (Lipinski definition) is 4. The Bertz CT molecular complexity index is 724. The molecule has 5 nitrogen and oxygen atoms in total. The van der Waals surface area contributed by atoms with E-state index in [2.05, 4.69) is 4.98 Å². The van der Waals surface area contributed by atoms with Crippen LogP contribution in [0, 0.1) is 0 Å². The van der Waals surface area contributed by atoms with E-state index in [1.165, 1.54) is 11.1 Å². The molecule has 6 heteroatoms. The third-order valence-corrected chi connectivity index (χ3v) is 3.45. The topological polar surface area (TPSA) is 59.5 Å². The molecular formula is C18H19ClN2O3. The lowest BCUT2D eigenvalue weighted by Crippen LogP contribution is -2.37. The minimum atomic E-state index is -0.640. The fourth-order valence-corrected chi connectivity index (χ4v) is 2.18. The number of aromatic nitrogens is 1. The van der Waals surface area contributed by atoms with Gasteiger partial charge in [-0.2, -0.15) is 0 Å². The maximum absolute atomic E-state index is 12.6. The first-order valence-electron chi connectivity index (χ1n) is 7.45. The highest BCUT2D eigenvalue weighted by molar-refractivity contribution is 6.31. The quantitative estimate of drug-likeness (QED) is 0.765. The second-order valence-corrected chi connectivity index (χ2v) is 6.63. The van der Waals surface area contributed by atoms with Crippen LogP contribution in [-0.2, 0) is 11.3 Å². The van der Waals surface area contributed by atoms with Crippen LogP contribution in [0.1, 0.15) is 36.7 Å². The molecule has 0 N–H and O–H groups in total. The van der Waals surface area contributed by atoms with Gasteiger partial charge in [-0.15, -0.1) is 0 Å². The van der Waals surface area contributed by atoms with Crippen LogP contribution in [0.3, 0.4) is 0 Å². The fraction of sp³-hybridized carbons (Fsp3) is 0.278. The summed E-state index contributed by atoms with van der Waals surface area (Å²) < 4.78 is 5.46. The van der Waals surface area contributed by atoms with E-state index in [0.717, 1.165) is 5.56 Å². The fourth-order valence-electron chi connectivity index (χ4n) is 1.98. The zero-order valence-corrected chi connectivity index (χ0v) is 14.6. The average molecular weight is 347 g/mol. The Balaban J connectivity index is 2.34. The number of pyridine rings is 1. The molecule has 0 saturated heterocycles. The zero-order valence-electron chi connectivity index (χ0n) is 13.8. The van der Waals surface area contributed by atoms with Gasteiger partial charge in [0.1, 0.15) is 11.4 Å². The van der Waals surface area contributed by atoms with Gasteiger partial charge in [-0.25, -0.2) is 9.78 Å². The van der Waals surface area contributed by atoms with Gasteiger partial charge in [0.2, 0.25) is 0 Å². The van der Waals surface area contributed by atoms with Crippen molar-refractivity contribution in [1.29, 1.82) is 0 Å². The molecule has 0 aliphatic heterocycles. The molecule has 2 rings (SSSR count). The molecule has 1 aromatic heterocycles. The molecule has 1 aromatic carbocycles. The molecule has 0 bridgehead atoms. The van der Waals surface area contributed by atoms with Crippen molar-refractivity contribution >= 4 is 29.8 Å². The number of aldehydes is 1. The van der Waals surface area contributed by atoms with Crippen molar-refractivity contribution < 1.29 is 14.3 Å². The number of rotatable bonds is 4. The third kappa shape index (κ3) is 4.80. The first kappa shape index (κ1) is 17.9. The second-order valence-electron chi connectivity index (χ2n) is 6.23. The Labute approximate surface area is 146 Å². The first-order chi connectivity index (χ1) is 11.3. The van der Waals surface area contributed by atoms with E-state index in [0.29, 0.717) is 22.7 Å². The van der Waals surface area contributed by atoms with E-state index in [-0.39, 0.29) is 6.54 Å². The zero-order chi connectivity index (χ0) is 17.7. The van der Waals surface area contributed by atoms with E-state index in [1.807, 2.05) is 18.2 Å². The van der Waals surface area contributed by atoms with Gasteiger partial charge in [-0.05, 0) is 44.5 Å². The van der Waals surface area contributed by atoms with E-state index in [4.69, 9.17) is 16.3 Å². The first-order valence-corrected chi connectivity index (χ1v) is 7.83. The van der Waals surface area contributed by atoms with Crippen LogP contribution in [0.25, 0.3) is 0 Å². The van der Waals surface area contributed by atoms with Crippen LogP contribution in [0.5, 0.6) is 0 Å². The lowest BCUT2D eigenvalue weighted by Gasteiger charge is -2.27. The van der Waals surface area contributed by atoms with Crippen LogP contribution < -0.4 is 4.90 Å². The van der Waals surface area contributed by atoms with Crippen LogP contribution in [0.2, 0.25) is 5.02 Å². The summed E-state index contributed by atoms with van der Waals surface area (Å²) in [4.78, 5) is 28.9. The van der Waals surface area contributed by atoms with Crippen molar-refractivity contribution in [2.45, 2.75) is 32.9 Å². The minimum Gasteiger partial charge on any atom is -0.443 e. The lowest BCUT2D eigenvalue weighted by molar-refractivity contribution is 0.0576. The van der Waals surface area contributed by atoms with Crippen molar-refractivity contribution in [2.75, 3.05) is 4.90 Å². The second kappa shape index (κ2) is 7.45. The SMILES string of the molecule is CC(C)(C)OC(=O)N(Cc1ccccc1Cl)c1ccc(C=O)cn1. The number of carbonyl (C=O) groups excluding carboxylic acids is 2. The van der Waals surface area contributed by atoms with Crippen molar-refractivity contribution in [3.8, 4) is 0 Å². The van der Waals surface area contributed by atoms with Gasteiger partial charge in [0, 0.05) is 16.8 Å². The van der Waals surface area contributed by atoms with Crippen LogP contribution in [0.15, 0.2) is 42.6 Å². The highest BCUT2D eigenvalue weighted by Crippen LogP contribution is 2.22. The van der Waals surface area contributed by atoms with E-state index >= 15 is 0 Å². The molecule has 2 aromatic rings. The predicted molar refractivity (Wildman–Crippen MR) is 93.5 cm³/mol. The van der Waals surface area contributed by atoms with Gasteiger partial charge in [-0.3, -0.25) is 9.69 Å². The molecule has 0 aliphatic rings. The maximum atomic E-state index is 12.6. The Morgan fingerprint density at radius 1 is 1.25 bits per heavy atom. The van der Waals surface area contributed by atoms with Crippen molar-refractivity contribution in [3.63, 3.8) is 0 Å². The molecule has 1 amide bonds. The molecule has 0 spiro atoms. The largest absolute Gasteiger partial charge is 0.443 e. The molecule has 0 unspecified atom stereocenters. The number of halogens is 1. The van der Waals surface area contributed by atoms with Gasteiger partial charge >= 0.3 is 6.09 Å². The summed E-state index contributed by atoms with van der Waals surface area (Å²) in [6.07, 6.45) is 1.57. The minimum absolute atomic E-state index is 0.210. The van der Waals surface area contributed by atoms with Crippen LogP contribution >= 0.6 is 11.6 Å². The summed E-state index contributed by atoms with van der Waals surface area (Å²) >= 11 is 6.20. The lowest BCUT2D eigenvalue weighted by atomic mass is 10.2. The number of amides is 1. The summed E-state index contributed by atoms with van der Waals surface area (Å²) in [5, 5.41) is 0.551. The molecule has 1 heterocycles. The van der Waals surface area contributed by atoms with Gasteiger partial charge in [0.15, 0.2) is 6.29 Å². The summed E-state index contributed by atoms with van der Waals surface area (Å²) in [5.41, 5.74) is 0.561. The predicted octanol–water partition coefficient (Wildman–Crippen LogP) is 4.49. The Morgan fingerprint density at radius 3 is 2.50 bits per heavy atom. The maximum Gasteiger partial charge on any atom is 0.416 e. The van der Waals surface area contributed by atoms with Crippen molar-refractivity contribution in [2.24, 2.45) is 0 Å². The van der Waals surface area contributed by atoms with Crippen LogP contribution in [-0.4, -0.2) is 23.0 Å². The highest BCUT2D eigenvalue weighted by atomic mass is 35.5. The number of anilines is 1. The van der Waals surface area contributed by atoms with Crippen LogP contribution in [0.4, 0.5) is 10.6 Å².